The number of aromatic nitrogens is 4. The Hall–Kier alpha value is -2.85. The molecule has 0 bridgehead atoms. The molecular weight excluding hydrogens is 410 g/mol. The lowest BCUT2D eigenvalue weighted by molar-refractivity contribution is -0.113. The molecule has 1 aromatic carbocycles. The number of rotatable bonds is 10. The molecule has 2 heterocycles. The summed E-state index contributed by atoms with van der Waals surface area (Å²) in [5, 5.41) is 14.2. The summed E-state index contributed by atoms with van der Waals surface area (Å²) in [6.07, 6.45) is 3.39. The number of nitrogens with zero attached hydrogens (tertiary/aromatic N) is 4. The van der Waals surface area contributed by atoms with Crippen molar-refractivity contribution >= 4 is 34.1 Å². The van der Waals surface area contributed by atoms with E-state index in [4.69, 9.17) is 9.47 Å². The highest BCUT2D eigenvalue weighted by Crippen LogP contribution is 2.28. The molecule has 0 aliphatic carbocycles. The number of hydrogen-bond acceptors (Lipinski definition) is 8. The first-order chi connectivity index (χ1) is 14.1. The topological polar surface area (TPSA) is 91.2 Å². The quantitative estimate of drug-likeness (QED) is 0.388. The number of carbonyl (C=O) groups is 1. The minimum atomic E-state index is -0.153. The molecule has 8 nitrogen and oxygen atoms in total. The van der Waals surface area contributed by atoms with Gasteiger partial charge >= 0.3 is 0 Å². The van der Waals surface area contributed by atoms with E-state index in [0.717, 1.165) is 5.56 Å². The van der Waals surface area contributed by atoms with Gasteiger partial charge in [0.2, 0.25) is 5.91 Å². The molecule has 0 fully saturated rings. The molecular formula is C19H21N5O3S2. The van der Waals surface area contributed by atoms with Crippen molar-refractivity contribution in [3.05, 3.63) is 53.8 Å². The Balaban J connectivity index is 1.65. The first-order valence-corrected chi connectivity index (χ1v) is 10.6. The number of allylic oxidation sites excluding steroid dienone is 1. The van der Waals surface area contributed by atoms with Gasteiger partial charge in [-0.3, -0.25) is 9.36 Å². The summed E-state index contributed by atoms with van der Waals surface area (Å²) in [4.78, 5) is 16.1. The van der Waals surface area contributed by atoms with E-state index in [2.05, 4.69) is 27.1 Å². The van der Waals surface area contributed by atoms with Gasteiger partial charge in [-0.2, -0.15) is 0 Å². The average molecular weight is 432 g/mol. The maximum atomic E-state index is 12.1. The zero-order chi connectivity index (χ0) is 20.6. The number of ether oxygens (including phenoxy) is 2. The van der Waals surface area contributed by atoms with Crippen molar-refractivity contribution < 1.29 is 14.3 Å². The number of methoxy groups -OCH3 is 1. The van der Waals surface area contributed by atoms with Crippen LogP contribution in [0.3, 0.4) is 0 Å². The van der Waals surface area contributed by atoms with Gasteiger partial charge in [0.05, 0.1) is 12.9 Å². The second-order valence-corrected chi connectivity index (χ2v) is 7.75. The minimum Gasteiger partial charge on any atom is -0.493 e. The summed E-state index contributed by atoms with van der Waals surface area (Å²) < 4.78 is 13.1. The number of amides is 1. The predicted molar refractivity (Wildman–Crippen MR) is 114 cm³/mol. The maximum Gasteiger partial charge on any atom is 0.236 e. The molecule has 10 heteroatoms. The average Bonchev–Trinajstić information content (AvgIpc) is 3.36. The van der Waals surface area contributed by atoms with E-state index in [1.54, 1.807) is 24.8 Å². The van der Waals surface area contributed by atoms with Crippen molar-refractivity contribution in [2.45, 2.75) is 25.2 Å². The van der Waals surface area contributed by atoms with Crippen LogP contribution in [0, 0.1) is 6.92 Å². The van der Waals surface area contributed by atoms with Gasteiger partial charge in [-0.05, 0) is 24.6 Å². The van der Waals surface area contributed by atoms with Crippen molar-refractivity contribution in [1.29, 1.82) is 0 Å². The van der Waals surface area contributed by atoms with Crippen LogP contribution in [0.1, 0.15) is 11.4 Å². The number of hydrogen-bond donors (Lipinski definition) is 1. The van der Waals surface area contributed by atoms with Gasteiger partial charge in [0.15, 0.2) is 27.6 Å². The molecule has 152 valence electrons. The van der Waals surface area contributed by atoms with Gasteiger partial charge in [0, 0.05) is 18.1 Å². The zero-order valence-corrected chi connectivity index (χ0v) is 17.8. The lowest BCUT2D eigenvalue weighted by Gasteiger charge is -2.12. The monoisotopic (exact) mass is 431 g/mol. The first kappa shape index (κ1) is 20.9. The standard InChI is InChI=1S/C19H21N5O3S2/c1-4-8-24-16(11-27-14-6-5-13(2)10-15(14)26-3)22-23-19(24)29-12-17(25)21-18-20-7-9-28-18/h4-7,9-10H,1,8,11-12H2,2-3H3,(H,20,21,25). The summed E-state index contributed by atoms with van der Waals surface area (Å²) in [5.41, 5.74) is 1.08. The van der Waals surface area contributed by atoms with Gasteiger partial charge in [-0.15, -0.1) is 28.1 Å². The Kier molecular flexibility index (Phi) is 7.25. The van der Waals surface area contributed by atoms with Crippen LogP contribution in [-0.2, 0) is 17.9 Å². The third-order valence-electron chi connectivity index (χ3n) is 3.79. The summed E-state index contributed by atoms with van der Waals surface area (Å²) in [6, 6.07) is 5.72. The molecule has 0 unspecified atom stereocenters. The van der Waals surface area contributed by atoms with Gasteiger partial charge < -0.3 is 14.8 Å². The normalized spacial score (nSPS) is 10.6. The van der Waals surface area contributed by atoms with Crippen molar-refractivity contribution in [3.8, 4) is 11.5 Å². The van der Waals surface area contributed by atoms with E-state index in [-0.39, 0.29) is 18.3 Å². The van der Waals surface area contributed by atoms with Crippen LogP contribution in [0.4, 0.5) is 5.13 Å². The van der Waals surface area contributed by atoms with E-state index in [9.17, 15) is 4.79 Å². The van der Waals surface area contributed by atoms with Crippen molar-refractivity contribution in [3.63, 3.8) is 0 Å². The van der Waals surface area contributed by atoms with Crippen molar-refractivity contribution in [1.82, 2.24) is 19.7 Å². The molecule has 0 aliphatic heterocycles. The summed E-state index contributed by atoms with van der Waals surface area (Å²) >= 11 is 2.67. The lowest BCUT2D eigenvalue weighted by Crippen LogP contribution is -2.14. The second-order valence-electron chi connectivity index (χ2n) is 5.92. The smallest absolute Gasteiger partial charge is 0.236 e. The lowest BCUT2D eigenvalue weighted by atomic mass is 10.2. The summed E-state index contributed by atoms with van der Waals surface area (Å²) in [5.74, 6) is 1.97. The number of nitrogens with one attached hydrogen (secondary N) is 1. The van der Waals surface area contributed by atoms with Crippen LogP contribution >= 0.6 is 23.1 Å². The summed E-state index contributed by atoms with van der Waals surface area (Å²) in [7, 11) is 1.60. The number of carbonyl (C=O) groups excluding carboxylic acids is 1. The molecule has 1 amide bonds. The maximum absolute atomic E-state index is 12.1. The van der Waals surface area contributed by atoms with E-state index < -0.39 is 0 Å². The van der Waals surface area contributed by atoms with E-state index in [1.165, 1.54) is 23.1 Å². The highest BCUT2D eigenvalue weighted by Gasteiger charge is 2.15. The van der Waals surface area contributed by atoms with Crippen LogP contribution in [0.15, 0.2) is 47.6 Å². The molecule has 29 heavy (non-hydrogen) atoms. The fraction of sp³-hybridized carbons (Fsp3) is 0.263. The predicted octanol–water partition coefficient (Wildman–Crippen LogP) is 3.55. The molecule has 0 aliphatic rings. The number of benzene rings is 1. The Labute approximate surface area is 177 Å². The molecule has 0 spiro atoms. The zero-order valence-electron chi connectivity index (χ0n) is 16.1. The van der Waals surface area contributed by atoms with E-state index in [0.29, 0.717) is 34.2 Å². The molecule has 0 atom stereocenters. The largest absolute Gasteiger partial charge is 0.493 e. The van der Waals surface area contributed by atoms with Crippen LogP contribution in [0.25, 0.3) is 0 Å². The molecule has 3 aromatic rings. The van der Waals surface area contributed by atoms with E-state index in [1.807, 2.05) is 29.7 Å². The number of anilines is 1. The van der Waals surface area contributed by atoms with Gasteiger partial charge in [-0.1, -0.05) is 23.9 Å². The third-order valence-corrected chi connectivity index (χ3v) is 5.45. The molecule has 2 aromatic heterocycles. The second kappa shape index (κ2) is 10.1. The fourth-order valence-corrected chi connectivity index (χ4v) is 3.76. The van der Waals surface area contributed by atoms with Crippen molar-refractivity contribution in [2.75, 3.05) is 18.2 Å². The van der Waals surface area contributed by atoms with Crippen LogP contribution in [-0.4, -0.2) is 38.5 Å². The Morgan fingerprint density at radius 2 is 2.24 bits per heavy atom. The van der Waals surface area contributed by atoms with Gasteiger partial charge in [0.25, 0.3) is 0 Å². The number of aryl methyl sites for hydroxylation is 1. The third kappa shape index (κ3) is 5.58. The molecule has 0 radical (unpaired) electrons. The Morgan fingerprint density at radius 3 is 2.97 bits per heavy atom. The van der Waals surface area contributed by atoms with Crippen molar-refractivity contribution in [2.24, 2.45) is 0 Å². The van der Waals surface area contributed by atoms with Gasteiger partial charge in [-0.25, -0.2) is 4.98 Å². The fourth-order valence-electron chi connectivity index (χ4n) is 2.45. The highest BCUT2D eigenvalue weighted by molar-refractivity contribution is 7.99. The van der Waals surface area contributed by atoms with Gasteiger partial charge in [0.1, 0.15) is 6.61 Å². The highest BCUT2D eigenvalue weighted by atomic mass is 32.2. The molecule has 1 N–H and O–H groups in total. The molecule has 0 saturated carbocycles. The van der Waals surface area contributed by atoms with Crippen LogP contribution < -0.4 is 14.8 Å². The minimum absolute atomic E-state index is 0.153. The summed E-state index contributed by atoms with van der Waals surface area (Å²) in [6.45, 7) is 6.49. The number of thiazole rings is 1. The van der Waals surface area contributed by atoms with E-state index >= 15 is 0 Å². The Morgan fingerprint density at radius 1 is 1.38 bits per heavy atom. The van der Waals surface area contributed by atoms with Crippen LogP contribution in [0.2, 0.25) is 0 Å². The number of thioether (sulfide) groups is 1. The molecule has 3 rings (SSSR count). The Bertz CT molecular complexity index is 972. The molecule has 0 saturated heterocycles. The van der Waals surface area contributed by atoms with Crippen LogP contribution in [0.5, 0.6) is 11.5 Å². The first-order valence-electron chi connectivity index (χ1n) is 8.73. The SMILES string of the molecule is C=CCn1c(COc2ccc(C)cc2OC)nnc1SCC(=O)Nc1nccs1.